The van der Waals surface area contributed by atoms with E-state index in [1.165, 1.54) is 0 Å². The summed E-state index contributed by atoms with van der Waals surface area (Å²) in [6, 6.07) is 7.63. The molecule has 0 radical (unpaired) electrons. The van der Waals surface area contributed by atoms with Crippen LogP contribution in [0.3, 0.4) is 0 Å². The highest BCUT2D eigenvalue weighted by Gasteiger charge is 2.12. The summed E-state index contributed by atoms with van der Waals surface area (Å²) in [6.45, 7) is 2.32. The van der Waals surface area contributed by atoms with Crippen LogP contribution in [0.4, 0.5) is 5.82 Å². The lowest BCUT2D eigenvalue weighted by Gasteiger charge is -2.12. The topological polar surface area (TPSA) is 88.8 Å². The number of hydrogen-bond acceptors (Lipinski definition) is 7. The van der Waals surface area contributed by atoms with Gasteiger partial charge in [-0.15, -0.1) is 6.42 Å². The fourth-order valence-corrected chi connectivity index (χ4v) is 3.23. The lowest BCUT2D eigenvalue weighted by atomic mass is 10.1. The third-order valence-electron chi connectivity index (χ3n) is 3.58. The van der Waals surface area contributed by atoms with Crippen molar-refractivity contribution in [1.29, 1.82) is 5.26 Å². The molecule has 0 unspecified atom stereocenters. The SMILES string of the molecule is C#CCOc1c(I)cc(/C=N\Nc2nc(C)cc(COC)c2C#N)cc1OC. The average molecular weight is 490 g/mol. The number of rotatable bonds is 8. The fraction of sp³-hybridized carbons (Fsp3) is 0.250. The maximum Gasteiger partial charge on any atom is 0.175 e. The Kier molecular flexibility index (Phi) is 8.05. The molecule has 0 aliphatic carbocycles. The molecule has 7 nitrogen and oxygen atoms in total. The predicted octanol–water partition coefficient (Wildman–Crippen LogP) is 3.48. The highest BCUT2D eigenvalue weighted by Crippen LogP contribution is 2.33. The van der Waals surface area contributed by atoms with Crippen LogP contribution in [0, 0.1) is 34.2 Å². The molecular weight excluding hydrogens is 471 g/mol. The zero-order valence-electron chi connectivity index (χ0n) is 15.7. The maximum absolute atomic E-state index is 9.46. The first-order valence-corrected chi connectivity index (χ1v) is 9.24. The van der Waals surface area contributed by atoms with Gasteiger partial charge in [0.05, 0.1) is 23.5 Å². The molecule has 144 valence electrons. The van der Waals surface area contributed by atoms with Crippen molar-refractivity contribution in [2.24, 2.45) is 5.10 Å². The van der Waals surface area contributed by atoms with E-state index in [-0.39, 0.29) is 6.61 Å². The summed E-state index contributed by atoms with van der Waals surface area (Å²) in [4.78, 5) is 4.35. The minimum absolute atomic E-state index is 0.154. The van der Waals surface area contributed by atoms with Gasteiger partial charge in [0.15, 0.2) is 17.3 Å². The lowest BCUT2D eigenvalue weighted by Crippen LogP contribution is -2.04. The number of hydrogen-bond donors (Lipinski definition) is 1. The van der Waals surface area contributed by atoms with Crippen molar-refractivity contribution in [2.75, 3.05) is 26.3 Å². The third kappa shape index (κ3) is 5.35. The molecule has 28 heavy (non-hydrogen) atoms. The van der Waals surface area contributed by atoms with E-state index < -0.39 is 0 Å². The van der Waals surface area contributed by atoms with Gasteiger partial charge in [-0.3, -0.25) is 5.43 Å². The highest BCUT2D eigenvalue weighted by molar-refractivity contribution is 14.1. The summed E-state index contributed by atoms with van der Waals surface area (Å²) in [5.74, 6) is 3.95. The smallest absolute Gasteiger partial charge is 0.175 e. The Morgan fingerprint density at radius 1 is 1.36 bits per heavy atom. The number of hydrazone groups is 1. The Morgan fingerprint density at radius 2 is 2.14 bits per heavy atom. The highest BCUT2D eigenvalue weighted by atomic mass is 127. The number of aryl methyl sites for hydroxylation is 1. The minimum Gasteiger partial charge on any atom is -0.493 e. The van der Waals surface area contributed by atoms with Gasteiger partial charge < -0.3 is 14.2 Å². The van der Waals surface area contributed by atoms with Crippen LogP contribution in [0.5, 0.6) is 11.5 Å². The molecule has 2 rings (SSSR count). The first-order chi connectivity index (χ1) is 13.5. The van der Waals surface area contributed by atoms with Crippen molar-refractivity contribution in [2.45, 2.75) is 13.5 Å². The van der Waals surface area contributed by atoms with E-state index in [0.29, 0.717) is 29.5 Å². The number of terminal acetylenes is 1. The van der Waals surface area contributed by atoms with Crippen LogP contribution in [0.15, 0.2) is 23.3 Å². The molecule has 0 aliphatic rings. The van der Waals surface area contributed by atoms with Gasteiger partial charge in [-0.2, -0.15) is 10.4 Å². The van der Waals surface area contributed by atoms with E-state index >= 15 is 0 Å². The first-order valence-electron chi connectivity index (χ1n) is 8.16. The standard InChI is InChI=1S/C20H19IN4O3/c1-5-6-28-19-17(21)8-14(9-18(19)27-4)11-23-25-20-16(10-22)15(12-26-3)7-13(2)24-20/h1,7-9,11H,6,12H2,2-4H3,(H,24,25)/b23-11-. The average Bonchev–Trinajstić information content (AvgIpc) is 2.67. The van der Waals surface area contributed by atoms with Crippen LogP contribution < -0.4 is 14.9 Å². The van der Waals surface area contributed by atoms with Gasteiger partial charge in [0.25, 0.3) is 0 Å². The zero-order valence-corrected chi connectivity index (χ0v) is 17.9. The molecule has 1 aromatic heterocycles. The second-order valence-corrected chi connectivity index (χ2v) is 6.75. The molecule has 2 aromatic rings. The van der Waals surface area contributed by atoms with Crippen LogP contribution >= 0.6 is 22.6 Å². The van der Waals surface area contributed by atoms with E-state index in [1.54, 1.807) is 26.5 Å². The molecule has 0 aliphatic heterocycles. The van der Waals surface area contributed by atoms with Gasteiger partial charge in [-0.25, -0.2) is 4.98 Å². The van der Waals surface area contributed by atoms with Crippen molar-refractivity contribution < 1.29 is 14.2 Å². The number of anilines is 1. The summed E-state index contributed by atoms with van der Waals surface area (Å²) >= 11 is 2.14. The third-order valence-corrected chi connectivity index (χ3v) is 4.38. The van der Waals surface area contributed by atoms with E-state index in [4.69, 9.17) is 20.6 Å². The summed E-state index contributed by atoms with van der Waals surface area (Å²) in [7, 11) is 3.13. The summed E-state index contributed by atoms with van der Waals surface area (Å²) in [6.07, 6.45) is 6.86. The Hall–Kier alpha value is -2.82. The molecule has 0 bridgehead atoms. The number of nitrogens with zero attached hydrogens (tertiary/aromatic N) is 3. The van der Waals surface area contributed by atoms with Crippen molar-refractivity contribution >= 4 is 34.6 Å². The van der Waals surface area contributed by atoms with Crippen LogP contribution in [0.1, 0.15) is 22.4 Å². The fourth-order valence-electron chi connectivity index (χ4n) is 2.45. The normalized spacial score (nSPS) is 10.4. The number of nitrogens with one attached hydrogen (secondary N) is 1. The molecule has 0 amide bonds. The number of nitriles is 1. The molecule has 8 heteroatoms. The van der Waals surface area contributed by atoms with Gasteiger partial charge in [0, 0.05) is 18.4 Å². The monoisotopic (exact) mass is 490 g/mol. The Bertz CT molecular complexity index is 961. The molecule has 0 saturated heterocycles. The molecule has 0 atom stereocenters. The minimum atomic E-state index is 0.154. The van der Waals surface area contributed by atoms with Gasteiger partial charge in [-0.05, 0) is 53.3 Å². The van der Waals surface area contributed by atoms with Crippen LogP contribution in [-0.4, -0.2) is 32.0 Å². The molecule has 0 saturated carbocycles. The van der Waals surface area contributed by atoms with Gasteiger partial charge in [0.1, 0.15) is 18.2 Å². The number of halogens is 1. The van der Waals surface area contributed by atoms with Crippen LogP contribution in [-0.2, 0) is 11.3 Å². The first kappa shape index (κ1) is 21.5. The van der Waals surface area contributed by atoms with E-state index in [2.05, 4.69) is 50.1 Å². The van der Waals surface area contributed by atoms with Gasteiger partial charge in [-0.1, -0.05) is 5.92 Å². The number of aromatic nitrogens is 1. The predicted molar refractivity (Wildman–Crippen MR) is 116 cm³/mol. The van der Waals surface area contributed by atoms with E-state index in [9.17, 15) is 5.26 Å². The quantitative estimate of drug-likeness (QED) is 0.264. The van der Waals surface area contributed by atoms with Crippen LogP contribution in [0.25, 0.3) is 0 Å². The molecule has 0 fully saturated rings. The van der Waals surface area contributed by atoms with Crippen molar-refractivity contribution in [3.63, 3.8) is 0 Å². The van der Waals surface area contributed by atoms with Crippen molar-refractivity contribution in [1.82, 2.24) is 4.98 Å². The largest absolute Gasteiger partial charge is 0.493 e. The number of methoxy groups -OCH3 is 2. The number of ether oxygens (including phenoxy) is 3. The number of pyridine rings is 1. The zero-order chi connectivity index (χ0) is 20.5. The summed E-state index contributed by atoms with van der Waals surface area (Å²) in [5.41, 5.74) is 5.53. The van der Waals surface area contributed by atoms with Crippen LogP contribution in [0.2, 0.25) is 0 Å². The van der Waals surface area contributed by atoms with Crippen molar-refractivity contribution in [3.05, 3.63) is 44.2 Å². The molecule has 1 heterocycles. The summed E-state index contributed by atoms with van der Waals surface area (Å²) < 4.78 is 16.9. The second kappa shape index (κ2) is 10.5. The Morgan fingerprint density at radius 3 is 2.79 bits per heavy atom. The Labute approximate surface area is 177 Å². The van der Waals surface area contributed by atoms with E-state index in [1.807, 2.05) is 19.1 Å². The maximum atomic E-state index is 9.46. The van der Waals surface area contributed by atoms with Gasteiger partial charge >= 0.3 is 0 Å². The molecule has 1 aromatic carbocycles. The van der Waals surface area contributed by atoms with Crippen molar-refractivity contribution in [3.8, 4) is 29.9 Å². The molecular formula is C20H19IN4O3. The number of benzene rings is 1. The van der Waals surface area contributed by atoms with E-state index in [0.717, 1.165) is 20.4 Å². The second-order valence-electron chi connectivity index (χ2n) is 5.59. The van der Waals surface area contributed by atoms with Gasteiger partial charge in [0.2, 0.25) is 0 Å². The Balaban J connectivity index is 2.27. The summed E-state index contributed by atoms with van der Waals surface area (Å²) in [5, 5.41) is 13.7. The lowest BCUT2D eigenvalue weighted by molar-refractivity contribution is 0.184. The molecule has 1 N–H and O–H groups in total. The molecule has 0 spiro atoms.